The van der Waals surface area contributed by atoms with Crippen molar-refractivity contribution in [3.05, 3.63) is 53.0 Å². The van der Waals surface area contributed by atoms with Crippen LogP contribution in [0, 0.1) is 0 Å². The highest BCUT2D eigenvalue weighted by molar-refractivity contribution is 8.00. The molecule has 0 radical (unpaired) electrons. The van der Waals surface area contributed by atoms with Crippen molar-refractivity contribution >= 4 is 84.4 Å². The molecule has 3 aromatic heterocycles. The Morgan fingerprint density at radius 2 is 2.05 bits per heavy atom. The Hall–Kier alpha value is -4.55. The summed E-state index contributed by atoms with van der Waals surface area (Å²) in [7, 11) is 0. The number of β-lactam (4-membered cyclic amide) rings is 1. The summed E-state index contributed by atoms with van der Waals surface area (Å²) in [5.41, 5.74) is 10.7. The number of thiazole rings is 2. The number of hydrogen-bond acceptors (Lipinski definition) is 13. The van der Waals surface area contributed by atoms with E-state index in [1.807, 2.05) is 23.0 Å². The molecule has 5 heterocycles. The lowest BCUT2D eigenvalue weighted by Gasteiger charge is -2.49. The first kappa shape index (κ1) is 29.5. The number of nitrogens with one attached hydrogen (secondary N) is 1. The average molecular weight is 658 g/mol. The van der Waals surface area contributed by atoms with E-state index in [4.69, 9.17) is 16.3 Å². The molecule has 228 valence electrons. The molecule has 1 unspecified atom stereocenters. The first-order chi connectivity index (χ1) is 21.1. The molecule has 2 fully saturated rings. The molecule has 3 aliphatic rings. The van der Waals surface area contributed by atoms with Crippen molar-refractivity contribution in [1.82, 2.24) is 20.2 Å². The van der Waals surface area contributed by atoms with E-state index in [0.29, 0.717) is 23.7 Å². The molecule has 0 bridgehead atoms. The first-order valence-corrected chi connectivity index (χ1v) is 16.0. The second-order valence-corrected chi connectivity index (χ2v) is 13.2. The van der Waals surface area contributed by atoms with Gasteiger partial charge < -0.3 is 31.8 Å². The summed E-state index contributed by atoms with van der Waals surface area (Å²) in [5.74, 6) is -3.64. The maximum absolute atomic E-state index is 13.3. The smallest absolute Gasteiger partial charge is 0.352 e. The molecule has 0 spiro atoms. The number of anilines is 2. The van der Waals surface area contributed by atoms with E-state index >= 15 is 0 Å². The van der Waals surface area contributed by atoms with Gasteiger partial charge in [0.05, 0.1) is 4.70 Å². The number of aliphatic carboxylic acids is 2. The van der Waals surface area contributed by atoms with Gasteiger partial charge in [0, 0.05) is 30.0 Å². The zero-order chi connectivity index (χ0) is 31.2. The number of rotatable bonds is 10. The highest BCUT2D eigenvalue weighted by Gasteiger charge is 2.54. The zero-order valence-corrected chi connectivity index (χ0v) is 25.2. The Morgan fingerprint density at radius 3 is 2.70 bits per heavy atom. The molecule has 44 heavy (non-hydrogen) atoms. The molecule has 2 amide bonds. The van der Waals surface area contributed by atoms with Crippen LogP contribution in [0.25, 0.3) is 10.2 Å². The first-order valence-electron chi connectivity index (χ1n) is 13.2. The van der Waals surface area contributed by atoms with E-state index in [1.165, 1.54) is 28.5 Å². The minimum atomic E-state index is -1.54. The van der Waals surface area contributed by atoms with Crippen molar-refractivity contribution < 1.29 is 38.8 Å². The Kier molecular flexibility index (Phi) is 7.72. The van der Waals surface area contributed by atoms with Crippen LogP contribution in [0.2, 0.25) is 0 Å². The molecule has 2 aliphatic heterocycles. The summed E-state index contributed by atoms with van der Waals surface area (Å²) >= 11 is 3.73. The number of pyridine rings is 1. The highest BCUT2D eigenvalue weighted by atomic mass is 32.2. The predicted molar refractivity (Wildman–Crippen MR) is 161 cm³/mol. The fourth-order valence-corrected chi connectivity index (χ4v) is 7.49. The summed E-state index contributed by atoms with van der Waals surface area (Å²) in [5, 5.41) is 27.4. The van der Waals surface area contributed by atoms with Crippen LogP contribution < -0.4 is 21.4 Å². The Morgan fingerprint density at radius 1 is 1.25 bits per heavy atom. The van der Waals surface area contributed by atoms with Crippen LogP contribution in [-0.4, -0.2) is 77.3 Å². The minimum Gasteiger partial charge on any atom is -0.478 e. The topological polar surface area (TPSA) is 227 Å². The zero-order valence-electron chi connectivity index (χ0n) is 22.7. The van der Waals surface area contributed by atoms with E-state index < -0.39 is 40.8 Å². The van der Waals surface area contributed by atoms with E-state index in [-0.39, 0.29) is 40.8 Å². The van der Waals surface area contributed by atoms with Gasteiger partial charge in [0.25, 0.3) is 11.8 Å². The average Bonchev–Trinajstić information content (AvgIpc) is 3.56. The van der Waals surface area contributed by atoms with Gasteiger partial charge in [0.2, 0.25) is 5.60 Å². The van der Waals surface area contributed by atoms with Crippen molar-refractivity contribution in [3.63, 3.8) is 0 Å². The number of nitrogens with two attached hydrogens (primary N) is 2. The number of fused-ring (bicyclic) bond motifs is 2. The number of amides is 2. The van der Waals surface area contributed by atoms with Gasteiger partial charge >= 0.3 is 11.9 Å². The maximum atomic E-state index is 13.3. The van der Waals surface area contributed by atoms with Crippen molar-refractivity contribution in [1.29, 1.82) is 0 Å². The van der Waals surface area contributed by atoms with Gasteiger partial charge in [-0.15, -0.1) is 23.1 Å². The summed E-state index contributed by atoms with van der Waals surface area (Å²) < 4.78 is 2.83. The summed E-state index contributed by atoms with van der Waals surface area (Å²) in [6, 6.07) is 0.842. The molecular weight excluding hydrogens is 633 g/mol. The van der Waals surface area contributed by atoms with Crippen LogP contribution in [0.1, 0.15) is 25.0 Å². The lowest BCUT2D eigenvalue weighted by Crippen LogP contribution is -2.71. The van der Waals surface area contributed by atoms with E-state index in [0.717, 1.165) is 26.5 Å². The Balaban J connectivity index is 1.17. The third kappa shape index (κ3) is 5.35. The van der Waals surface area contributed by atoms with Gasteiger partial charge in [0.1, 0.15) is 28.3 Å². The summed E-state index contributed by atoms with van der Waals surface area (Å²) in [4.78, 5) is 65.3. The number of nitrogen functional groups attached to an aromatic ring is 2. The summed E-state index contributed by atoms with van der Waals surface area (Å²) in [6.45, 7) is 0.430. The number of aromatic nitrogens is 3. The van der Waals surface area contributed by atoms with Crippen LogP contribution in [0.3, 0.4) is 0 Å². The van der Waals surface area contributed by atoms with Gasteiger partial charge in [0.15, 0.2) is 34.9 Å². The van der Waals surface area contributed by atoms with Crippen molar-refractivity contribution in [3.8, 4) is 0 Å². The number of oxime groups is 1. The number of carbonyl (C=O) groups is 4. The second kappa shape index (κ2) is 11.5. The van der Waals surface area contributed by atoms with Crippen LogP contribution in [0.15, 0.2) is 52.4 Å². The molecule has 1 aliphatic carbocycles. The van der Waals surface area contributed by atoms with Crippen LogP contribution in [0.4, 0.5) is 10.3 Å². The van der Waals surface area contributed by atoms with Gasteiger partial charge in [-0.1, -0.05) is 22.6 Å². The Labute approximate surface area is 260 Å². The largest absolute Gasteiger partial charge is 0.478 e. The standard InChI is InChI=1S/C26H24N8O7S3/c27-24-30-14(11-43-24)16(32-41-26(23(39)40)5-2-6-26)19(35)31-17-20(36)34-18(22(37)38)12(10-42-21(17)34)3-1-7-33-8-4-15-13(9-33)29-25(28)44-15/h1,3-4,8-9,11,17,21H,2,5-7,10H2,(H6-,27,28,29,30,31,35,37,38,39,40)/p+1/b3-1+,32-16-/t17?,21-/m1/s1. The van der Waals surface area contributed by atoms with Gasteiger partial charge in [-0.3, -0.25) is 14.5 Å². The van der Waals surface area contributed by atoms with Gasteiger partial charge in [-0.25, -0.2) is 19.6 Å². The number of carboxylic acids is 2. The fourth-order valence-electron chi connectivity index (χ4n) is 4.92. The minimum absolute atomic E-state index is 0.0543. The molecule has 1 saturated carbocycles. The lowest BCUT2D eigenvalue weighted by molar-refractivity contribution is -0.685. The maximum Gasteiger partial charge on any atom is 0.352 e. The number of allylic oxidation sites excluding steroid dienone is 2. The molecule has 3 aromatic rings. The molecule has 7 N–H and O–H groups in total. The molecule has 18 heteroatoms. The quantitative estimate of drug-likeness (QED) is 0.0888. The normalized spacial score (nSPS) is 21.1. The Bertz CT molecular complexity index is 1790. The SMILES string of the molecule is Nc1nc(/C(=N/OC2(C(=O)O)CCC2)C(=O)NC2C(=O)N3C(C(=O)O)=C(/C=C/C[n+]4ccc5sc(N)nc5c4)CS[C@H]23)cs1. The van der Waals surface area contributed by atoms with E-state index in [1.54, 1.807) is 12.2 Å². The molecular formula is C26H25N8O7S3+. The monoisotopic (exact) mass is 657 g/mol. The predicted octanol–water partition coefficient (Wildman–Crippen LogP) is 0.928. The van der Waals surface area contributed by atoms with Gasteiger partial charge in [-0.2, -0.15) is 4.57 Å². The molecule has 6 rings (SSSR count). The van der Waals surface area contributed by atoms with Crippen LogP contribution >= 0.6 is 34.4 Å². The number of carbonyl (C=O) groups excluding carboxylic acids is 2. The van der Waals surface area contributed by atoms with Gasteiger partial charge in [-0.05, 0) is 18.1 Å². The second-order valence-electron chi connectivity index (χ2n) is 10.1. The number of thioether (sulfide) groups is 1. The third-order valence-corrected chi connectivity index (χ3v) is 10.2. The number of hydrogen-bond donors (Lipinski definition) is 5. The lowest BCUT2D eigenvalue weighted by atomic mass is 9.80. The number of nitrogens with zero attached hydrogens (tertiary/aromatic N) is 5. The van der Waals surface area contributed by atoms with E-state index in [2.05, 4.69) is 20.4 Å². The number of carboxylic acid groups (broad SMARTS) is 2. The molecule has 0 aromatic carbocycles. The third-order valence-electron chi connectivity index (χ3n) is 7.37. The van der Waals surface area contributed by atoms with E-state index in [9.17, 15) is 29.4 Å². The van der Waals surface area contributed by atoms with Crippen molar-refractivity contribution in [2.45, 2.75) is 42.8 Å². The van der Waals surface area contributed by atoms with Crippen molar-refractivity contribution in [2.24, 2.45) is 5.16 Å². The van der Waals surface area contributed by atoms with Crippen LogP contribution in [0.5, 0.6) is 0 Å². The highest BCUT2D eigenvalue weighted by Crippen LogP contribution is 2.41. The summed E-state index contributed by atoms with van der Waals surface area (Å²) in [6.07, 6.45) is 8.25. The molecule has 15 nitrogen and oxygen atoms in total. The fraction of sp³-hybridized carbons (Fsp3) is 0.308. The molecule has 2 atom stereocenters. The van der Waals surface area contributed by atoms with Crippen molar-refractivity contribution in [2.75, 3.05) is 17.2 Å². The van der Waals surface area contributed by atoms with Crippen LogP contribution in [-0.2, 0) is 30.6 Å². The molecule has 1 saturated heterocycles.